The Hall–Kier alpha value is -2.56. The molecule has 0 rings (SSSR count). The number of hydrogen-bond donors (Lipinski definition) is 3. The highest BCUT2D eigenvalue weighted by Crippen LogP contribution is 2.43. The summed E-state index contributed by atoms with van der Waals surface area (Å²) in [5, 5.41) is 8.85. The van der Waals surface area contributed by atoms with Crippen LogP contribution in [0.25, 0.3) is 0 Å². The molecule has 0 fully saturated rings. The molecule has 0 amide bonds. The molecule has 288 valence electrons. The maximum Gasteiger partial charge on any atom is 0.472 e. The molecule has 0 aliphatic heterocycles. The number of phosphoric acid groups is 1. The van der Waals surface area contributed by atoms with Gasteiger partial charge in [-0.25, -0.2) is 4.57 Å². The van der Waals surface area contributed by atoms with Gasteiger partial charge in [-0.3, -0.25) is 23.4 Å². The minimum Gasteiger partial charge on any atom is -0.480 e. The first-order valence-electron chi connectivity index (χ1n) is 18.7. The van der Waals surface area contributed by atoms with Crippen LogP contribution in [0.15, 0.2) is 48.6 Å². The van der Waals surface area contributed by atoms with Gasteiger partial charge in [-0.15, -0.1) is 0 Å². The second kappa shape index (κ2) is 33.6. The maximum absolute atomic E-state index is 12.5. The van der Waals surface area contributed by atoms with Crippen molar-refractivity contribution in [2.45, 2.75) is 154 Å². The number of allylic oxidation sites excluding steroid dienone is 8. The highest BCUT2D eigenvalue weighted by Gasteiger charge is 2.28. The summed E-state index contributed by atoms with van der Waals surface area (Å²) in [6.45, 7) is 2.65. The molecule has 4 N–H and O–H groups in total. The minimum atomic E-state index is -4.72. The number of esters is 2. The lowest BCUT2D eigenvalue weighted by molar-refractivity contribution is -0.161. The van der Waals surface area contributed by atoms with Crippen LogP contribution in [0.5, 0.6) is 0 Å². The summed E-state index contributed by atoms with van der Waals surface area (Å²) in [4.78, 5) is 45.7. The van der Waals surface area contributed by atoms with E-state index >= 15 is 0 Å². The molecule has 1 unspecified atom stereocenters. The third-order valence-electron chi connectivity index (χ3n) is 7.55. The number of carbonyl (C=O) groups excluding carboxylic acids is 2. The molecule has 0 aromatic carbocycles. The zero-order chi connectivity index (χ0) is 37.1. The van der Waals surface area contributed by atoms with Crippen molar-refractivity contribution in [3.63, 3.8) is 0 Å². The van der Waals surface area contributed by atoms with E-state index in [4.69, 9.17) is 24.8 Å². The second-order valence-electron chi connectivity index (χ2n) is 12.3. The van der Waals surface area contributed by atoms with Crippen LogP contribution in [0.3, 0.4) is 0 Å². The normalized spacial score (nSPS) is 14.5. The topological polar surface area (TPSA) is 172 Å². The fraction of sp³-hybridized carbons (Fsp3) is 0.711. The van der Waals surface area contributed by atoms with Crippen molar-refractivity contribution in [1.29, 1.82) is 0 Å². The van der Waals surface area contributed by atoms with Gasteiger partial charge in [0.2, 0.25) is 0 Å². The molecule has 0 aliphatic carbocycles. The van der Waals surface area contributed by atoms with Crippen molar-refractivity contribution in [1.82, 2.24) is 0 Å². The number of carboxylic acids is 1. The first-order valence-corrected chi connectivity index (χ1v) is 20.2. The summed E-state index contributed by atoms with van der Waals surface area (Å²) >= 11 is 0. The van der Waals surface area contributed by atoms with Crippen LogP contribution < -0.4 is 5.73 Å². The highest BCUT2D eigenvalue weighted by molar-refractivity contribution is 7.47. The van der Waals surface area contributed by atoms with Crippen molar-refractivity contribution >= 4 is 25.7 Å². The summed E-state index contributed by atoms with van der Waals surface area (Å²) in [6.07, 6.45) is 34.8. The maximum atomic E-state index is 12.5. The summed E-state index contributed by atoms with van der Waals surface area (Å²) in [5.74, 6) is -2.45. The predicted molar refractivity (Wildman–Crippen MR) is 198 cm³/mol. The van der Waals surface area contributed by atoms with Gasteiger partial charge in [-0.2, -0.15) is 0 Å². The van der Waals surface area contributed by atoms with Gasteiger partial charge in [-0.1, -0.05) is 107 Å². The SMILES string of the molecule is CCCC/C=C\CCCCCCCC(=O)O[C@H](COC(=O)CCCC/C=C\C/C=C\C/C=C\CCCCC)COP(=O)(O)OC[C@H](N)C(=O)O. The molecule has 11 nitrogen and oxygen atoms in total. The van der Waals surface area contributed by atoms with Gasteiger partial charge in [-0.05, 0) is 70.6 Å². The Balaban J connectivity index is 4.54. The summed E-state index contributed by atoms with van der Waals surface area (Å²) in [5.41, 5.74) is 5.31. The lowest BCUT2D eigenvalue weighted by atomic mass is 10.1. The number of ether oxygens (including phenoxy) is 2. The van der Waals surface area contributed by atoms with Gasteiger partial charge in [0.15, 0.2) is 6.10 Å². The Labute approximate surface area is 301 Å². The van der Waals surface area contributed by atoms with Crippen LogP contribution in [0.2, 0.25) is 0 Å². The van der Waals surface area contributed by atoms with E-state index in [1.165, 1.54) is 32.1 Å². The first kappa shape index (κ1) is 47.4. The fourth-order valence-corrected chi connectivity index (χ4v) is 5.30. The standard InChI is InChI=1S/C38H66NO10P/c1-3-5-7-9-11-13-15-16-17-18-20-21-23-25-27-29-36(40)46-31-34(32-47-50(44,45)48-33-35(39)38(42)43)49-37(41)30-28-26-24-22-19-14-12-10-8-6-4-2/h10-13,16-17,20-21,34-35H,3-9,14-15,18-19,22-33,39H2,1-2H3,(H,42,43)(H,44,45)/b12-10-,13-11-,17-16-,21-20-/t34-,35+/m1/s1. The predicted octanol–water partition coefficient (Wildman–Crippen LogP) is 9.05. The number of carbonyl (C=O) groups is 3. The fourth-order valence-electron chi connectivity index (χ4n) is 4.52. The monoisotopic (exact) mass is 727 g/mol. The number of aliphatic carboxylic acids is 1. The summed E-state index contributed by atoms with van der Waals surface area (Å²) in [7, 11) is -4.72. The Bertz CT molecular complexity index is 1040. The molecule has 50 heavy (non-hydrogen) atoms. The average molecular weight is 728 g/mol. The average Bonchev–Trinajstić information content (AvgIpc) is 3.09. The molecule has 0 saturated carbocycles. The van der Waals surface area contributed by atoms with Gasteiger partial charge >= 0.3 is 25.7 Å². The summed E-state index contributed by atoms with van der Waals surface area (Å²) < 4.78 is 32.5. The van der Waals surface area contributed by atoms with E-state index in [0.29, 0.717) is 12.8 Å². The minimum absolute atomic E-state index is 0.140. The van der Waals surface area contributed by atoms with Crippen molar-refractivity contribution in [2.24, 2.45) is 5.73 Å². The van der Waals surface area contributed by atoms with E-state index in [9.17, 15) is 23.8 Å². The van der Waals surface area contributed by atoms with Crippen LogP contribution >= 0.6 is 7.82 Å². The van der Waals surface area contributed by atoms with Gasteiger partial charge in [0, 0.05) is 12.8 Å². The van der Waals surface area contributed by atoms with Gasteiger partial charge in [0.05, 0.1) is 13.2 Å². The Morgan fingerprint density at radius 3 is 1.70 bits per heavy atom. The highest BCUT2D eigenvalue weighted by atomic mass is 31.2. The van der Waals surface area contributed by atoms with Crippen LogP contribution in [-0.2, 0) is 37.5 Å². The van der Waals surface area contributed by atoms with Gasteiger partial charge < -0.3 is 25.2 Å². The number of rotatable bonds is 34. The lowest BCUT2D eigenvalue weighted by Gasteiger charge is -2.20. The van der Waals surface area contributed by atoms with Crippen LogP contribution in [-0.4, -0.2) is 59.9 Å². The molecular weight excluding hydrogens is 661 g/mol. The van der Waals surface area contributed by atoms with E-state index in [2.05, 4.69) is 67.0 Å². The molecular formula is C38H66NO10P. The van der Waals surface area contributed by atoms with E-state index in [0.717, 1.165) is 70.6 Å². The van der Waals surface area contributed by atoms with Crippen molar-refractivity contribution in [3.8, 4) is 0 Å². The zero-order valence-electron chi connectivity index (χ0n) is 30.7. The molecule has 0 saturated heterocycles. The molecule has 0 radical (unpaired) electrons. The van der Waals surface area contributed by atoms with Crippen molar-refractivity contribution in [3.05, 3.63) is 48.6 Å². The second-order valence-corrected chi connectivity index (χ2v) is 13.8. The van der Waals surface area contributed by atoms with Crippen LogP contribution in [0.1, 0.15) is 142 Å². The molecule has 0 spiro atoms. The van der Waals surface area contributed by atoms with Gasteiger partial charge in [0.25, 0.3) is 0 Å². The third kappa shape index (κ3) is 32.6. The van der Waals surface area contributed by atoms with E-state index < -0.39 is 51.1 Å². The van der Waals surface area contributed by atoms with E-state index in [1.54, 1.807) is 0 Å². The first-order chi connectivity index (χ1) is 24.1. The Morgan fingerprint density at radius 2 is 1.08 bits per heavy atom. The van der Waals surface area contributed by atoms with Crippen LogP contribution in [0, 0.1) is 0 Å². The van der Waals surface area contributed by atoms with Crippen molar-refractivity contribution in [2.75, 3.05) is 19.8 Å². The smallest absolute Gasteiger partial charge is 0.472 e. The molecule has 0 heterocycles. The van der Waals surface area contributed by atoms with Crippen molar-refractivity contribution < 1.29 is 47.5 Å². The molecule has 0 aromatic rings. The molecule has 0 aliphatic rings. The van der Waals surface area contributed by atoms with Crippen LogP contribution in [0.4, 0.5) is 0 Å². The molecule has 0 bridgehead atoms. The quantitative estimate of drug-likeness (QED) is 0.0250. The number of hydrogen-bond acceptors (Lipinski definition) is 9. The third-order valence-corrected chi connectivity index (χ3v) is 8.50. The number of nitrogens with two attached hydrogens (primary N) is 1. The number of unbranched alkanes of at least 4 members (excludes halogenated alkanes) is 12. The number of phosphoric ester groups is 1. The molecule has 3 atom stereocenters. The number of carboxylic acid groups (broad SMARTS) is 1. The summed E-state index contributed by atoms with van der Waals surface area (Å²) in [6, 6.07) is -1.53. The largest absolute Gasteiger partial charge is 0.480 e. The molecule has 12 heteroatoms. The Morgan fingerprint density at radius 1 is 0.620 bits per heavy atom. The Kier molecular flexibility index (Phi) is 31.9. The van der Waals surface area contributed by atoms with E-state index in [1.807, 2.05) is 0 Å². The lowest BCUT2D eigenvalue weighted by Crippen LogP contribution is -2.34. The zero-order valence-corrected chi connectivity index (χ0v) is 31.6. The van der Waals surface area contributed by atoms with E-state index in [-0.39, 0.29) is 19.4 Å². The van der Waals surface area contributed by atoms with Gasteiger partial charge in [0.1, 0.15) is 12.6 Å². The molecule has 0 aromatic heterocycles.